The summed E-state index contributed by atoms with van der Waals surface area (Å²) in [6.07, 6.45) is 2.10. The van der Waals surface area contributed by atoms with Crippen LogP contribution in [0.2, 0.25) is 0 Å². The van der Waals surface area contributed by atoms with Crippen molar-refractivity contribution < 1.29 is 9.84 Å². The lowest BCUT2D eigenvalue weighted by Crippen LogP contribution is -2.32. The monoisotopic (exact) mass is 223 g/mol. The number of pyridine rings is 1. The first-order valence-electron chi connectivity index (χ1n) is 5.60. The molecule has 0 saturated carbocycles. The van der Waals surface area contributed by atoms with Crippen molar-refractivity contribution in [2.75, 3.05) is 13.2 Å². The summed E-state index contributed by atoms with van der Waals surface area (Å²) in [6, 6.07) is 3.61. The zero-order valence-electron chi connectivity index (χ0n) is 9.43. The van der Waals surface area contributed by atoms with Crippen LogP contribution in [0.25, 0.3) is 0 Å². The van der Waals surface area contributed by atoms with Gasteiger partial charge in [-0.1, -0.05) is 6.07 Å². The van der Waals surface area contributed by atoms with Crippen LogP contribution < -0.4 is 5.56 Å². The van der Waals surface area contributed by atoms with Gasteiger partial charge in [-0.2, -0.15) is 0 Å². The molecule has 2 rings (SSSR count). The van der Waals surface area contributed by atoms with Gasteiger partial charge in [0.1, 0.15) is 0 Å². The van der Waals surface area contributed by atoms with E-state index in [-0.39, 0.29) is 11.5 Å². The largest absolute Gasteiger partial charge is 0.391 e. The molecule has 1 fully saturated rings. The van der Waals surface area contributed by atoms with Gasteiger partial charge >= 0.3 is 0 Å². The molecule has 4 heteroatoms. The summed E-state index contributed by atoms with van der Waals surface area (Å²) in [7, 11) is 0. The fourth-order valence-corrected chi connectivity index (χ4v) is 2.01. The first-order chi connectivity index (χ1) is 7.68. The molecule has 1 aliphatic rings. The van der Waals surface area contributed by atoms with Crippen LogP contribution in [0.3, 0.4) is 0 Å². The van der Waals surface area contributed by atoms with Gasteiger partial charge in [-0.3, -0.25) is 4.79 Å². The van der Waals surface area contributed by atoms with Crippen LogP contribution in [0.15, 0.2) is 23.1 Å². The SMILES string of the molecule is Cc1cccn(CC(O)C2CCOC2)c1=O. The van der Waals surface area contributed by atoms with E-state index in [1.807, 2.05) is 6.07 Å². The summed E-state index contributed by atoms with van der Waals surface area (Å²) in [5, 5.41) is 9.98. The maximum absolute atomic E-state index is 11.7. The van der Waals surface area contributed by atoms with E-state index < -0.39 is 6.10 Å². The van der Waals surface area contributed by atoms with Crippen LogP contribution in [0.1, 0.15) is 12.0 Å². The Kier molecular flexibility index (Phi) is 3.41. The van der Waals surface area contributed by atoms with Gasteiger partial charge in [0, 0.05) is 24.3 Å². The molecule has 1 aliphatic heterocycles. The summed E-state index contributed by atoms with van der Waals surface area (Å²) < 4.78 is 6.79. The number of nitrogens with zero attached hydrogens (tertiary/aromatic N) is 1. The Labute approximate surface area is 94.5 Å². The van der Waals surface area contributed by atoms with Crippen molar-refractivity contribution in [1.82, 2.24) is 4.57 Å². The first kappa shape index (κ1) is 11.4. The second-order valence-corrected chi connectivity index (χ2v) is 4.34. The molecule has 88 valence electrons. The number of ether oxygens (including phenoxy) is 1. The normalized spacial score (nSPS) is 22.2. The minimum absolute atomic E-state index is 0.0273. The molecule has 0 amide bonds. The molecule has 0 bridgehead atoms. The zero-order valence-corrected chi connectivity index (χ0v) is 9.43. The van der Waals surface area contributed by atoms with Gasteiger partial charge in [0.15, 0.2) is 0 Å². The van der Waals surface area contributed by atoms with Crippen LogP contribution >= 0.6 is 0 Å². The van der Waals surface area contributed by atoms with Gasteiger partial charge in [0.25, 0.3) is 5.56 Å². The number of hydrogen-bond acceptors (Lipinski definition) is 3. The van der Waals surface area contributed by atoms with Gasteiger partial charge in [-0.05, 0) is 19.4 Å². The van der Waals surface area contributed by atoms with Crippen molar-refractivity contribution in [3.8, 4) is 0 Å². The Morgan fingerprint density at radius 2 is 2.50 bits per heavy atom. The number of aromatic nitrogens is 1. The number of rotatable bonds is 3. The maximum atomic E-state index is 11.7. The molecule has 16 heavy (non-hydrogen) atoms. The highest BCUT2D eigenvalue weighted by Gasteiger charge is 2.24. The number of hydrogen-bond donors (Lipinski definition) is 1. The fraction of sp³-hybridized carbons (Fsp3) is 0.583. The van der Waals surface area contributed by atoms with Crippen LogP contribution in [0.5, 0.6) is 0 Å². The minimum atomic E-state index is -0.498. The van der Waals surface area contributed by atoms with Gasteiger partial charge < -0.3 is 14.4 Å². The Morgan fingerprint density at radius 3 is 3.19 bits per heavy atom. The second-order valence-electron chi connectivity index (χ2n) is 4.34. The van der Waals surface area contributed by atoms with Crippen LogP contribution in [0, 0.1) is 12.8 Å². The lowest BCUT2D eigenvalue weighted by molar-refractivity contribution is 0.0769. The molecule has 0 radical (unpaired) electrons. The molecule has 2 atom stereocenters. The van der Waals surface area contributed by atoms with Crippen LogP contribution in [0.4, 0.5) is 0 Å². The lowest BCUT2D eigenvalue weighted by Gasteiger charge is -2.17. The van der Waals surface area contributed by atoms with Crippen molar-refractivity contribution in [2.45, 2.75) is 26.0 Å². The zero-order chi connectivity index (χ0) is 11.5. The average Bonchev–Trinajstić information content (AvgIpc) is 2.78. The van der Waals surface area contributed by atoms with E-state index >= 15 is 0 Å². The highest BCUT2D eigenvalue weighted by Crippen LogP contribution is 2.17. The quantitative estimate of drug-likeness (QED) is 0.814. The summed E-state index contributed by atoms with van der Waals surface area (Å²) in [5.74, 6) is 0.160. The average molecular weight is 223 g/mol. The third-order valence-corrected chi connectivity index (χ3v) is 3.10. The summed E-state index contributed by atoms with van der Waals surface area (Å²) >= 11 is 0. The number of aliphatic hydroxyl groups excluding tert-OH is 1. The smallest absolute Gasteiger partial charge is 0.253 e. The van der Waals surface area contributed by atoms with E-state index in [2.05, 4.69) is 0 Å². The standard InChI is InChI=1S/C12H17NO3/c1-9-3-2-5-13(12(9)15)7-11(14)10-4-6-16-8-10/h2-3,5,10-11,14H,4,6-8H2,1H3. The van der Waals surface area contributed by atoms with Crippen molar-refractivity contribution in [3.05, 3.63) is 34.2 Å². The third kappa shape index (κ3) is 2.33. The van der Waals surface area contributed by atoms with Crippen LogP contribution in [-0.4, -0.2) is 29.0 Å². The first-order valence-corrected chi connectivity index (χ1v) is 5.60. The molecule has 0 spiro atoms. The maximum Gasteiger partial charge on any atom is 0.253 e. The summed E-state index contributed by atoms with van der Waals surface area (Å²) in [5.41, 5.74) is 0.679. The molecule has 2 unspecified atom stereocenters. The van der Waals surface area contributed by atoms with Gasteiger partial charge in [0.2, 0.25) is 0 Å². The van der Waals surface area contributed by atoms with Crippen molar-refractivity contribution in [3.63, 3.8) is 0 Å². The number of aliphatic hydroxyl groups is 1. The van der Waals surface area contributed by atoms with Gasteiger partial charge in [-0.15, -0.1) is 0 Å². The predicted octanol–water partition coefficient (Wildman–Crippen LogP) is 0.554. The Bertz CT molecular complexity index is 407. The lowest BCUT2D eigenvalue weighted by atomic mass is 10.0. The van der Waals surface area contributed by atoms with Crippen molar-refractivity contribution in [1.29, 1.82) is 0 Å². The third-order valence-electron chi connectivity index (χ3n) is 3.10. The molecule has 1 saturated heterocycles. The molecule has 1 aromatic rings. The highest BCUT2D eigenvalue weighted by molar-refractivity contribution is 5.07. The Balaban J connectivity index is 2.08. The van der Waals surface area contributed by atoms with E-state index in [9.17, 15) is 9.90 Å². The van der Waals surface area contributed by atoms with Crippen molar-refractivity contribution >= 4 is 0 Å². The second kappa shape index (κ2) is 4.80. The van der Waals surface area contributed by atoms with Gasteiger partial charge in [0.05, 0.1) is 19.3 Å². The highest BCUT2D eigenvalue weighted by atomic mass is 16.5. The minimum Gasteiger partial charge on any atom is -0.391 e. The fourth-order valence-electron chi connectivity index (χ4n) is 2.01. The molecule has 1 aromatic heterocycles. The van der Waals surface area contributed by atoms with E-state index in [1.54, 1.807) is 23.8 Å². The van der Waals surface area contributed by atoms with Crippen molar-refractivity contribution in [2.24, 2.45) is 5.92 Å². The topological polar surface area (TPSA) is 51.5 Å². The molecule has 4 nitrogen and oxygen atoms in total. The molecule has 0 aromatic carbocycles. The predicted molar refractivity (Wildman–Crippen MR) is 60.4 cm³/mol. The molecule has 1 N–H and O–H groups in total. The van der Waals surface area contributed by atoms with Crippen LogP contribution in [-0.2, 0) is 11.3 Å². The molecular formula is C12H17NO3. The molecular weight excluding hydrogens is 206 g/mol. The Morgan fingerprint density at radius 1 is 1.69 bits per heavy atom. The molecule has 0 aliphatic carbocycles. The van der Waals surface area contributed by atoms with E-state index in [4.69, 9.17) is 4.74 Å². The summed E-state index contributed by atoms with van der Waals surface area (Å²) in [4.78, 5) is 11.7. The molecule has 2 heterocycles. The van der Waals surface area contributed by atoms with E-state index in [0.29, 0.717) is 25.3 Å². The van der Waals surface area contributed by atoms with E-state index in [1.165, 1.54) is 0 Å². The van der Waals surface area contributed by atoms with Gasteiger partial charge in [-0.25, -0.2) is 0 Å². The Hall–Kier alpha value is -1.13. The van der Waals surface area contributed by atoms with E-state index in [0.717, 1.165) is 6.42 Å². The number of aryl methyl sites for hydroxylation is 1. The summed E-state index contributed by atoms with van der Waals surface area (Å²) in [6.45, 7) is 3.45.